The van der Waals surface area contributed by atoms with E-state index in [-0.39, 0.29) is 16.5 Å². The van der Waals surface area contributed by atoms with E-state index in [1.807, 2.05) is 0 Å². The normalized spacial score (nSPS) is 12.5. The average Bonchev–Trinajstić information content (AvgIpc) is 2.40. The molecule has 0 aliphatic heterocycles. The van der Waals surface area contributed by atoms with Crippen molar-refractivity contribution in [2.45, 2.75) is 12.5 Å². The smallest absolute Gasteiger partial charge is 0.137 e. The van der Waals surface area contributed by atoms with Crippen LogP contribution in [0.5, 0.6) is 0 Å². The van der Waals surface area contributed by atoms with Crippen molar-refractivity contribution in [3.63, 3.8) is 0 Å². The van der Waals surface area contributed by atoms with Gasteiger partial charge < -0.3 is 0 Å². The number of rotatable bonds is 4. The predicted molar refractivity (Wildman–Crippen MR) is 81.9 cm³/mol. The molecule has 21 heavy (non-hydrogen) atoms. The number of benzene rings is 2. The Labute approximate surface area is 136 Å². The Morgan fingerprint density at radius 1 is 1.00 bits per heavy atom. The van der Waals surface area contributed by atoms with Crippen molar-refractivity contribution in [3.05, 3.63) is 67.9 Å². The third-order valence-corrected chi connectivity index (χ3v) is 4.08. The topological polar surface area (TPSA) is 38.0 Å². The molecular weight excluding hydrogens is 413 g/mol. The minimum Gasteiger partial charge on any atom is -0.271 e. The molecule has 0 bridgehead atoms. The van der Waals surface area contributed by atoms with Gasteiger partial charge in [0.15, 0.2) is 0 Å². The van der Waals surface area contributed by atoms with E-state index in [0.717, 1.165) is 0 Å². The van der Waals surface area contributed by atoms with Gasteiger partial charge in [0.05, 0.1) is 10.5 Å². The number of hydrogen-bond acceptors (Lipinski definition) is 2. The highest BCUT2D eigenvalue weighted by Gasteiger charge is 2.20. The highest BCUT2D eigenvalue weighted by Crippen LogP contribution is 2.28. The lowest BCUT2D eigenvalue weighted by atomic mass is 9.98. The molecule has 0 fully saturated rings. The largest absolute Gasteiger partial charge is 0.271 e. The Bertz CT molecular complexity index is 642. The van der Waals surface area contributed by atoms with Crippen LogP contribution in [0.3, 0.4) is 0 Å². The molecule has 0 saturated heterocycles. The third-order valence-electron chi connectivity index (χ3n) is 3.02. The summed E-state index contributed by atoms with van der Waals surface area (Å²) in [5, 5.41) is 0. The van der Waals surface area contributed by atoms with Gasteiger partial charge >= 0.3 is 0 Å². The molecule has 112 valence electrons. The number of hydrazine groups is 1. The summed E-state index contributed by atoms with van der Waals surface area (Å²) in [5.41, 5.74) is 2.93. The quantitative estimate of drug-likeness (QED) is 0.565. The summed E-state index contributed by atoms with van der Waals surface area (Å²) in [5.74, 6) is 3.60. The first-order chi connectivity index (χ1) is 9.92. The summed E-state index contributed by atoms with van der Waals surface area (Å²) in [4.78, 5) is 0. The summed E-state index contributed by atoms with van der Waals surface area (Å²) in [6, 6.07) is 5.94. The molecule has 2 rings (SSSR count). The van der Waals surface area contributed by atoms with Gasteiger partial charge in [0.2, 0.25) is 0 Å². The van der Waals surface area contributed by atoms with E-state index in [4.69, 9.17) is 5.84 Å². The lowest BCUT2D eigenvalue weighted by Crippen LogP contribution is -2.31. The van der Waals surface area contributed by atoms with Gasteiger partial charge in [-0.1, -0.05) is 22.0 Å². The Morgan fingerprint density at radius 2 is 1.62 bits per heavy atom. The molecule has 0 aliphatic carbocycles. The molecule has 0 aromatic heterocycles. The van der Waals surface area contributed by atoms with Crippen LogP contribution in [0, 0.1) is 17.5 Å². The molecule has 0 radical (unpaired) electrons. The van der Waals surface area contributed by atoms with Gasteiger partial charge in [0.25, 0.3) is 0 Å². The van der Waals surface area contributed by atoms with Crippen molar-refractivity contribution in [1.82, 2.24) is 5.43 Å². The van der Waals surface area contributed by atoms with E-state index >= 15 is 0 Å². The zero-order valence-electron chi connectivity index (χ0n) is 10.6. The van der Waals surface area contributed by atoms with Crippen molar-refractivity contribution in [2.24, 2.45) is 5.84 Å². The Morgan fingerprint density at radius 3 is 2.14 bits per heavy atom. The van der Waals surface area contributed by atoms with Crippen LogP contribution >= 0.6 is 31.9 Å². The first-order valence-electron chi connectivity index (χ1n) is 5.97. The summed E-state index contributed by atoms with van der Waals surface area (Å²) in [7, 11) is 0. The first-order valence-corrected chi connectivity index (χ1v) is 7.55. The van der Waals surface area contributed by atoms with Crippen molar-refractivity contribution in [2.75, 3.05) is 0 Å². The van der Waals surface area contributed by atoms with Crippen LogP contribution in [0.1, 0.15) is 17.2 Å². The minimum absolute atomic E-state index is 0.152. The Balaban J connectivity index is 2.34. The predicted octanol–water partition coefficient (Wildman–Crippen LogP) is 4.38. The van der Waals surface area contributed by atoms with Crippen LogP contribution in [0.15, 0.2) is 39.3 Å². The molecule has 1 unspecified atom stereocenters. The molecule has 2 aromatic rings. The molecule has 0 amide bonds. The zero-order chi connectivity index (χ0) is 15.6. The molecule has 7 heteroatoms. The van der Waals surface area contributed by atoms with Gasteiger partial charge in [0.1, 0.15) is 17.5 Å². The molecule has 2 aromatic carbocycles. The molecule has 0 heterocycles. The van der Waals surface area contributed by atoms with Gasteiger partial charge in [-0.25, -0.2) is 13.2 Å². The molecular formula is C14H11Br2F3N2. The fourth-order valence-electron chi connectivity index (χ4n) is 2.03. The van der Waals surface area contributed by atoms with Crippen molar-refractivity contribution in [1.29, 1.82) is 0 Å². The zero-order valence-corrected chi connectivity index (χ0v) is 13.8. The summed E-state index contributed by atoms with van der Waals surface area (Å²) in [6.45, 7) is 0. The number of nitrogens with one attached hydrogen (secondary N) is 1. The van der Waals surface area contributed by atoms with Crippen LogP contribution < -0.4 is 11.3 Å². The SMILES string of the molecule is NNC(Cc1ccc(F)c(Br)c1)c1c(F)cc(Br)cc1F. The lowest BCUT2D eigenvalue weighted by molar-refractivity contribution is 0.472. The fraction of sp³-hybridized carbons (Fsp3) is 0.143. The summed E-state index contributed by atoms with van der Waals surface area (Å²) >= 11 is 6.09. The first kappa shape index (κ1) is 16.5. The second kappa shape index (κ2) is 6.91. The third kappa shape index (κ3) is 3.85. The number of hydrogen-bond donors (Lipinski definition) is 2. The maximum Gasteiger partial charge on any atom is 0.137 e. The highest BCUT2D eigenvalue weighted by atomic mass is 79.9. The Kier molecular flexibility index (Phi) is 5.43. The molecule has 3 N–H and O–H groups in total. The van der Waals surface area contributed by atoms with E-state index < -0.39 is 23.5 Å². The van der Waals surface area contributed by atoms with E-state index in [2.05, 4.69) is 37.3 Å². The highest BCUT2D eigenvalue weighted by molar-refractivity contribution is 9.10. The van der Waals surface area contributed by atoms with Crippen LogP contribution in [-0.4, -0.2) is 0 Å². The lowest BCUT2D eigenvalue weighted by Gasteiger charge is -2.18. The Hall–Kier alpha value is -0.890. The summed E-state index contributed by atoms with van der Waals surface area (Å²) < 4.78 is 41.7. The van der Waals surface area contributed by atoms with E-state index in [1.54, 1.807) is 12.1 Å². The van der Waals surface area contributed by atoms with Gasteiger partial charge in [-0.05, 0) is 52.2 Å². The molecule has 0 spiro atoms. The minimum atomic E-state index is -0.768. The second-order valence-electron chi connectivity index (χ2n) is 4.45. The van der Waals surface area contributed by atoms with Crippen molar-refractivity contribution in [3.8, 4) is 0 Å². The van der Waals surface area contributed by atoms with Crippen LogP contribution in [0.25, 0.3) is 0 Å². The van der Waals surface area contributed by atoms with Crippen molar-refractivity contribution >= 4 is 31.9 Å². The van der Waals surface area contributed by atoms with E-state index in [9.17, 15) is 13.2 Å². The van der Waals surface area contributed by atoms with Gasteiger partial charge in [-0.2, -0.15) is 0 Å². The van der Waals surface area contributed by atoms with E-state index in [1.165, 1.54) is 18.2 Å². The van der Waals surface area contributed by atoms with E-state index in [0.29, 0.717) is 10.0 Å². The van der Waals surface area contributed by atoms with Gasteiger partial charge in [-0.3, -0.25) is 11.3 Å². The molecule has 2 nitrogen and oxygen atoms in total. The van der Waals surface area contributed by atoms with Crippen molar-refractivity contribution < 1.29 is 13.2 Å². The fourth-order valence-corrected chi connectivity index (χ4v) is 2.86. The second-order valence-corrected chi connectivity index (χ2v) is 6.22. The van der Waals surface area contributed by atoms with Crippen LogP contribution in [0.2, 0.25) is 0 Å². The molecule has 1 atom stereocenters. The standard InChI is InChI=1S/C14H11Br2F3N2/c15-8-5-11(18)14(12(19)6-8)13(21-20)4-7-1-2-10(17)9(16)3-7/h1-3,5-6,13,21H,4,20H2. The number of halogens is 5. The maximum atomic E-state index is 14.0. The average molecular weight is 424 g/mol. The number of nitrogens with two attached hydrogens (primary N) is 1. The summed E-state index contributed by atoms with van der Waals surface area (Å²) in [6.07, 6.45) is 0.213. The van der Waals surface area contributed by atoms with Crippen LogP contribution in [0.4, 0.5) is 13.2 Å². The molecule has 0 aliphatic rings. The van der Waals surface area contributed by atoms with Gasteiger partial charge in [0, 0.05) is 10.0 Å². The van der Waals surface area contributed by atoms with Gasteiger partial charge in [-0.15, -0.1) is 0 Å². The molecule has 0 saturated carbocycles. The maximum absolute atomic E-state index is 14.0. The monoisotopic (exact) mass is 422 g/mol. The van der Waals surface area contributed by atoms with Crippen LogP contribution in [-0.2, 0) is 6.42 Å².